The molecule has 0 rings (SSSR count). The number of ketones is 1. The lowest BCUT2D eigenvalue weighted by Gasteiger charge is -1.94. The molecule has 0 saturated carbocycles. The average molecular weight is 156 g/mol. The highest BCUT2D eigenvalue weighted by Crippen LogP contribution is 1.95. The molecular formula is C8H12O3. The molecule has 0 heterocycles. The van der Waals surface area contributed by atoms with Crippen molar-refractivity contribution >= 4 is 11.8 Å². The fourth-order valence-corrected chi connectivity index (χ4v) is 0.468. The van der Waals surface area contributed by atoms with E-state index in [1.165, 1.54) is 12.2 Å². The molecule has 1 N–H and O–H groups in total. The molecule has 0 bridgehead atoms. The Morgan fingerprint density at radius 3 is 2.36 bits per heavy atom. The molecule has 0 radical (unpaired) electrons. The van der Waals surface area contributed by atoms with Crippen molar-refractivity contribution in [2.75, 3.05) is 0 Å². The molecule has 0 aromatic rings. The van der Waals surface area contributed by atoms with Gasteiger partial charge in [0.2, 0.25) is 0 Å². The highest BCUT2D eigenvalue weighted by Gasteiger charge is 2.01. The largest absolute Gasteiger partial charge is 0.481 e. The van der Waals surface area contributed by atoms with Gasteiger partial charge in [-0.2, -0.15) is 0 Å². The van der Waals surface area contributed by atoms with Gasteiger partial charge in [0.15, 0.2) is 5.78 Å². The zero-order valence-electron chi connectivity index (χ0n) is 6.70. The molecule has 0 aromatic carbocycles. The third kappa shape index (κ3) is 5.33. The van der Waals surface area contributed by atoms with Crippen LogP contribution in [0.1, 0.15) is 20.3 Å². The van der Waals surface area contributed by atoms with Crippen molar-refractivity contribution in [3.05, 3.63) is 12.2 Å². The number of carboxylic acid groups (broad SMARTS) is 1. The average Bonchev–Trinajstić information content (AvgIpc) is 1.86. The van der Waals surface area contributed by atoms with E-state index in [1.807, 2.05) is 0 Å². The lowest BCUT2D eigenvalue weighted by atomic mass is 10.1. The van der Waals surface area contributed by atoms with Crippen LogP contribution < -0.4 is 0 Å². The summed E-state index contributed by atoms with van der Waals surface area (Å²) in [5.74, 6) is -1.01. The third-order valence-electron chi connectivity index (χ3n) is 1.14. The van der Waals surface area contributed by atoms with E-state index < -0.39 is 5.97 Å². The molecule has 11 heavy (non-hydrogen) atoms. The summed E-state index contributed by atoms with van der Waals surface area (Å²) < 4.78 is 0. The van der Waals surface area contributed by atoms with Crippen molar-refractivity contribution in [3.63, 3.8) is 0 Å². The zero-order valence-corrected chi connectivity index (χ0v) is 6.70. The van der Waals surface area contributed by atoms with Gasteiger partial charge in [-0.15, -0.1) is 0 Å². The van der Waals surface area contributed by atoms with Crippen LogP contribution in [0, 0.1) is 5.92 Å². The second-order valence-electron chi connectivity index (χ2n) is 2.56. The fourth-order valence-electron chi connectivity index (χ4n) is 0.468. The van der Waals surface area contributed by atoms with Crippen molar-refractivity contribution < 1.29 is 14.7 Å². The van der Waals surface area contributed by atoms with E-state index in [0.29, 0.717) is 0 Å². The maximum Gasteiger partial charge on any atom is 0.307 e. The van der Waals surface area contributed by atoms with Gasteiger partial charge in [0.25, 0.3) is 0 Å². The molecule has 0 aromatic heterocycles. The van der Waals surface area contributed by atoms with E-state index in [2.05, 4.69) is 0 Å². The van der Waals surface area contributed by atoms with E-state index in [0.717, 1.165) is 0 Å². The summed E-state index contributed by atoms with van der Waals surface area (Å²) in [6.07, 6.45) is 2.60. The molecular weight excluding hydrogens is 144 g/mol. The minimum Gasteiger partial charge on any atom is -0.481 e. The molecule has 0 spiro atoms. The lowest BCUT2D eigenvalue weighted by Crippen LogP contribution is -2.02. The number of hydrogen-bond acceptors (Lipinski definition) is 2. The van der Waals surface area contributed by atoms with Gasteiger partial charge in [-0.05, 0) is 6.08 Å². The first-order valence-electron chi connectivity index (χ1n) is 3.46. The molecule has 0 aliphatic rings. The first-order chi connectivity index (χ1) is 5.04. The first kappa shape index (κ1) is 9.88. The number of carbonyl (C=O) groups excluding carboxylic acids is 1. The molecule has 62 valence electrons. The van der Waals surface area contributed by atoms with E-state index >= 15 is 0 Å². The summed E-state index contributed by atoms with van der Waals surface area (Å²) >= 11 is 0. The Balaban J connectivity index is 3.75. The molecule has 0 aliphatic heterocycles. The number of aliphatic carboxylic acids is 1. The van der Waals surface area contributed by atoms with Gasteiger partial charge in [0, 0.05) is 5.92 Å². The van der Waals surface area contributed by atoms with Crippen LogP contribution in [0.5, 0.6) is 0 Å². The first-order valence-corrected chi connectivity index (χ1v) is 3.46. The predicted molar refractivity (Wildman–Crippen MR) is 41.2 cm³/mol. The Morgan fingerprint density at radius 2 is 2.00 bits per heavy atom. The van der Waals surface area contributed by atoms with Crippen LogP contribution in [-0.4, -0.2) is 16.9 Å². The highest BCUT2D eigenvalue weighted by atomic mass is 16.4. The smallest absolute Gasteiger partial charge is 0.307 e. The normalized spacial score (nSPS) is 10.8. The number of carbonyl (C=O) groups is 2. The molecule has 0 saturated heterocycles. The standard InChI is InChI=1S/C8H12O3/c1-6(2)7(9)4-3-5-8(10)11/h3-4,6H,5H2,1-2H3,(H,10,11)/b4-3+. The minimum atomic E-state index is -0.919. The van der Waals surface area contributed by atoms with E-state index in [1.54, 1.807) is 13.8 Å². The number of carboxylic acids is 1. The summed E-state index contributed by atoms with van der Waals surface area (Å²) in [4.78, 5) is 20.8. The molecule has 0 aliphatic carbocycles. The molecule has 0 fully saturated rings. The minimum absolute atomic E-state index is 0.0359. The zero-order chi connectivity index (χ0) is 8.85. The summed E-state index contributed by atoms with van der Waals surface area (Å²) in [5, 5.41) is 8.20. The van der Waals surface area contributed by atoms with Crippen LogP contribution in [0.2, 0.25) is 0 Å². The van der Waals surface area contributed by atoms with E-state index in [9.17, 15) is 9.59 Å². The maximum absolute atomic E-state index is 10.8. The van der Waals surface area contributed by atoms with Crippen molar-refractivity contribution in [1.82, 2.24) is 0 Å². The van der Waals surface area contributed by atoms with Gasteiger partial charge < -0.3 is 5.11 Å². The predicted octanol–water partition coefficient (Wildman–Crippen LogP) is 1.24. The Hall–Kier alpha value is -1.12. The second kappa shape index (κ2) is 4.66. The van der Waals surface area contributed by atoms with Gasteiger partial charge in [-0.3, -0.25) is 9.59 Å². The molecule has 3 nitrogen and oxygen atoms in total. The second-order valence-corrected chi connectivity index (χ2v) is 2.56. The van der Waals surface area contributed by atoms with Crippen molar-refractivity contribution in [1.29, 1.82) is 0 Å². The van der Waals surface area contributed by atoms with Crippen LogP contribution in [0.3, 0.4) is 0 Å². The lowest BCUT2D eigenvalue weighted by molar-refractivity contribution is -0.135. The SMILES string of the molecule is CC(C)C(=O)/C=C/CC(=O)O. The topological polar surface area (TPSA) is 54.4 Å². The van der Waals surface area contributed by atoms with Crippen molar-refractivity contribution in [3.8, 4) is 0 Å². The van der Waals surface area contributed by atoms with Gasteiger partial charge >= 0.3 is 5.97 Å². The number of allylic oxidation sites excluding steroid dienone is 1. The van der Waals surface area contributed by atoms with Crippen LogP contribution in [0.15, 0.2) is 12.2 Å². The molecule has 3 heteroatoms. The molecule has 0 atom stereocenters. The van der Waals surface area contributed by atoms with E-state index in [4.69, 9.17) is 5.11 Å². The Kier molecular flexibility index (Phi) is 4.18. The quantitative estimate of drug-likeness (QED) is 0.623. The van der Waals surface area contributed by atoms with Crippen LogP contribution >= 0.6 is 0 Å². The Labute approximate surface area is 65.7 Å². The summed E-state index contributed by atoms with van der Waals surface area (Å²) in [6, 6.07) is 0. The summed E-state index contributed by atoms with van der Waals surface area (Å²) in [7, 11) is 0. The fraction of sp³-hybridized carbons (Fsp3) is 0.500. The maximum atomic E-state index is 10.8. The van der Waals surface area contributed by atoms with Crippen molar-refractivity contribution in [2.45, 2.75) is 20.3 Å². The summed E-state index contributed by atoms with van der Waals surface area (Å²) in [6.45, 7) is 3.54. The third-order valence-corrected chi connectivity index (χ3v) is 1.14. The Morgan fingerprint density at radius 1 is 1.45 bits per heavy atom. The van der Waals surface area contributed by atoms with Crippen molar-refractivity contribution in [2.24, 2.45) is 5.92 Å². The highest BCUT2D eigenvalue weighted by molar-refractivity contribution is 5.91. The number of hydrogen-bond donors (Lipinski definition) is 1. The number of rotatable bonds is 4. The Bertz CT molecular complexity index is 180. The monoisotopic (exact) mass is 156 g/mol. The van der Waals surface area contributed by atoms with Gasteiger partial charge in [0.1, 0.15) is 0 Å². The molecule has 0 amide bonds. The van der Waals surface area contributed by atoms with Gasteiger partial charge in [0.05, 0.1) is 6.42 Å². The van der Waals surface area contributed by atoms with Crippen LogP contribution in [0.4, 0.5) is 0 Å². The molecule has 0 unspecified atom stereocenters. The van der Waals surface area contributed by atoms with E-state index in [-0.39, 0.29) is 18.1 Å². The van der Waals surface area contributed by atoms with Crippen LogP contribution in [0.25, 0.3) is 0 Å². The summed E-state index contributed by atoms with van der Waals surface area (Å²) in [5.41, 5.74) is 0. The van der Waals surface area contributed by atoms with Gasteiger partial charge in [-0.1, -0.05) is 19.9 Å². The van der Waals surface area contributed by atoms with Gasteiger partial charge in [-0.25, -0.2) is 0 Å². The van der Waals surface area contributed by atoms with Crippen LogP contribution in [-0.2, 0) is 9.59 Å².